The molecule has 4 rings (SSSR count). The van der Waals surface area contributed by atoms with Crippen LogP contribution in [-0.4, -0.2) is 17.6 Å². The van der Waals surface area contributed by atoms with Crippen LogP contribution in [0.2, 0.25) is 0 Å². The van der Waals surface area contributed by atoms with Gasteiger partial charge in [0.05, 0.1) is 13.1 Å². The molecule has 0 amide bonds. The number of aryl methyl sites for hydroxylation is 2. The van der Waals surface area contributed by atoms with Crippen molar-refractivity contribution in [1.29, 1.82) is 0 Å². The van der Waals surface area contributed by atoms with Crippen LogP contribution >= 0.6 is 0 Å². The quantitative estimate of drug-likeness (QED) is 0.613. The molecule has 2 heteroatoms. The number of benzene rings is 1. The number of fused-ring (bicyclic) bond motifs is 2. The third-order valence-corrected chi connectivity index (χ3v) is 5.44. The molecule has 1 nitrogen and oxygen atoms in total. The summed E-state index contributed by atoms with van der Waals surface area (Å²) >= 11 is 0. The van der Waals surface area contributed by atoms with Gasteiger partial charge in [0.2, 0.25) is 0 Å². The van der Waals surface area contributed by atoms with Crippen molar-refractivity contribution in [3.8, 4) is 0 Å². The van der Waals surface area contributed by atoms with Crippen LogP contribution in [0.4, 0.5) is 0 Å². The maximum atomic E-state index is 2.57. The second-order valence-electron chi connectivity index (χ2n) is 6.76. The first-order valence-electron chi connectivity index (χ1n) is 7.83. The Morgan fingerprint density at radius 2 is 1.16 bits per heavy atom. The Morgan fingerprint density at radius 3 is 1.68 bits per heavy atom. The molecule has 1 saturated heterocycles. The lowest BCUT2D eigenvalue weighted by molar-refractivity contribution is -0.951. The highest BCUT2D eigenvalue weighted by atomic mass is 79.9. The lowest BCUT2D eigenvalue weighted by Gasteiger charge is -2.37. The van der Waals surface area contributed by atoms with Gasteiger partial charge in [0.15, 0.2) is 0 Å². The molecule has 3 aliphatic rings. The van der Waals surface area contributed by atoms with Crippen molar-refractivity contribution < 1.29 is 21.5 Å². The third kappa shape index (κ3) is 2.38. The summed E-state index contributed by atoms with van der Waals surface area (Å²) in [6.45, 7) is 5.53. The number of hydrogen-bond donors (Lipinski definition) is 0. The summed E-state index contributed by atoms with van der Waals surface area (Å²) in [4.78, 5) is 0. The Hall–Kier alpha value is -0.340. The van der Waals surface area contributed by atoms with Crippen molar-refractivity contribution in [3.05, 3.63) is 34.4 Å². The zero-order chi connectivity index (χ0) is 12.0. The standard InChI is InChI=1S/C17H24N.BrH/c1-4-8-18(9-5-1)12-16-10-14-6-2-3-7-15(14)11-17(16)13-18;/h10-11H,1-9,12-13H2;1H/q+1;/p-1. The van der Waals surface area contributed by atoms with Crippen molar-refractivity contribution in [2.45, 2.75) is 58.0 Å². The van der Waals surface area contributed by atoms with Crippen LogP contribution in [0, 0.1) is 0 Å². The minimum atomic E-state index is 0. The number of quaternary nitrogens is 1. The lowest BCUT2D eigenvalue weighted by atomic mass is 9.89. The number of hydrogen-bond acceptors (Lipinski definition) is 0. The SMILES string of the molecule is [Br-].c1c2c(cc3c1C[N+]1(CCCCC1)C3)CCCC2. The van der Waals surface area contributed by atoms with Gasteiger partial charge in [-0.2, -0.15) is 0 Å². The average Bonchev–Trinajstić information content (AvgIpc) is 2.73. The largest absolute Gasteiger partial charge is 1.00 e. The molecule has 0 N–H and O–H groups in total. The van der Waals surface area contributed by atoms with Crippen LogP contribution in [0.1, 0.15) is 54.4 Å². The molecule has 1 aromatic rings. The summed E-state index contributed by atoms with van der Waals surface area (Å²) in [6, 6.07) is 5.15. The summed E-state index contributed by atoms with van der Waals surface area (Å²) in [5.74, 6) is 0. The van der Waals surface area contributed by atoms with Crippen LogP contribution in [0.3, 0.4) is 0 Å². The van der Waals surface area contributed by atoms with Crippen molar-refractivity contribution in [2.75, 3.05) is 13.1 Å². The van der Waals surface area contributed by atoms with Crippen molar-refractivity contribution in [2.24, 2.45) is 0 Å². The van der Waals surface area contributed by atoms with Crippen LogP contribution in [0.5, 0.6) is 0 Å². The van der Waals surface area contributed by atoms with Gasteiger partial charge in [0, 0.05) is 11.1 Å². The second kappa shape index (κ2) is 5.21. The van der Waals surface area contributed by atoms with E-state index in [4.69, 9.17) is 0 Å². The Kier molecular flexibility index (Phi) is 3.74. The molecule has 1 aliphatic carbocycles. The maximum absolute atomic E-state index is 2.57. The molecule has 2 heterocycles. The molecule has 0 atom stereocenters. The molecule has 1 fully saturated rings. The first-order chi connectivity index (χ1) is 8.85. The molecular formula is C17H24BrN. The highest BCUT2D eigenvalue weighted by Gasteiger charge is 2.37. The maximum Gasteiger partial charge on any atom is 0.105 e. The number of piperidine rings is 1. The van der Waals surface area contributed by atoms with Gasteiger partial charge in [0.1, 0.15) is 13.1 Å². The molecule has 0 unspecified atom stereocenters. The Morgan fingerprint density at radius 1 is 0.632 bits per heavy atom. The fraction of sp³-hybridized carbons (Fsp3) is 0.647. The Balaban J connectivity index is 0.00000110. The van der Waals surface area contributed by atoms with Crippen LogP contribution < -0.4 is 17.0 Å². The van der Waals surface area contributed by atoms with Crippen molar-refractivity contribution in [3.63, 3.8) is 0 Å². The molecule has 2 aliphatic heterocycles. The average molecular weight is 322 g/mol. The third-order valence-electron chi connectivity index (χ3n) is 5.44. The first-order valence-corrected chi connectivity index (χ1v) is 7.83. The van der Waals surface area contributed by atoms with E-state index in [0.29, 0.717) is 0 Å². The highest BCUT2D eigenvalue weighted by Crippen LogP contribution is 2.36. The predicted octanol–water partition coefficient (Wildman–Crippen LogP) is 0.584. The minimum Gasteiger partial charge on any atom is -1.00 e. The van der Waals surface area contributed by atoms with Gasteiger partial charge in [-0.25, -0.2) is 0 Å². The predicted molar refractivity (Wildman–Crippen MR) is 74.3 cm³/mol. The molecule has 0 aromatic heterocycles. The normalized spacial score (nSPS) is 23.6. The smallest absolute Gasteiger partial charge is 0.105 e. The van der Waals surface area contributed by atoms with E-state index in [0.717, 1.165) is 0 Å². The minimum absolute atomic E-state index is 0. The van der Waals surface area contributed by atoms with E-state index in [1.165, 1.54) is 75.6 Å². The number of halogens is 1. The summed E-state index contributed by atoms with van der Waals surface area (Å²) in [5.41, 5.74) is 6.74. The zero-order valence-electron chi connectivity index (χ0n) is 11.8. The topological polar surface area (TPSA) is 0 Å². The lowest BCUT2D eigenvalue weighted by Crippen LogP contribution is -3.00. The van der Waals surface area contributed by atoms with E-state index in [2.05, 4.69) is 12.1 Å². The van der Waals surface area contributed by atoms with Gasteiger partial charge < -0.3 is 21.5 Å². The molecule has 1 spiro atoms. The van der Waals surface area contributed by atoms with Gasteiger partial charge >= 0.3 is 0 Å². The van der Waals surface area contributed by atoms with Gasteiger partial charge in [-0.3, -0.25) is 0 Å². The first kappa shape index (κ1) is 13.6. The van der Waals surface area contributed by atoms with Gasteiger partial charge in [-0.1, -0.05) is 0 Å². The van der Waals surface area contributed by atoms with Crippen LogP contribution in [0.15, 0.2) is 12.1 Å². The number of nitrogens with zero attached hydrogens (tertiary/aromatic N) is 1. The highest BCUT2D eigenvalue weighted by molar-refractivity contribution is 5.40. The van der Waals surface area contributed by atoms with Gasteiger partial charge in [-0.05, 0) is 68.2 Å². The molecule has 1 aromatic carbocycles. The van der Waals surface area contributed by atoms with Crippen LogP contribution in [-0.2, 0) is 25.9 Å². The van der Waals surface area contributed by atoms with Crippen molar-refractivity contribution >= 4 is 0 Å². The van der Waals surface area contributed by atoms with E-state index < -0.39 is 0 Å². The van der Waals surface area contributed by atoms with E-state index in [9.17, 15) is 0 Å². The molecule has 0 radical (unpaired) electrons. The number of rotatable bonds is 0. The van der Waals surface area contributed by atoms with Gasteiger partial charge in [0.25, 0.3) is 0 Å². The summed E-state index contributed by atoms with van der Waals surface area (Å²) in [5, 5.41) is 0. The van der Waals surface area contributed by atoms with Gasteiger partial charge in [-0.15, -0.1) is 0 Å². The zero-order valence-corrected chi connectivity index (χ0v) is 13.3. The Bertz CT molecular complexity index is 437. The molecule has 104 valence electrons. The summed E-state index contributed by atoms with van der Waals surface area (Å²) in [7, 11) is 0. The Labute approximate surface area is 127 Å². The van der Waals surface area contributed by atoms with E-state index >= 15 is 0 Å². The van der Waals surface area contributed by atoms with Crippen molar-refractivity contribution in [1.82, 2.24) is 0 Å². The van der Waals surface area contributed by atoms with E-state index in [-0.39, 0.29) is 17.0 Å². The van der Waals surface area contributed by atoms with E-state index in [1.807, 2.05) is 0 Å². The summed E-state index contributed by atoms with van der Waals surface area (Å²) in [6.07, 6.45) is 9.86. The van der Waals surface area contributed by atoms with E-state index in [1.54, 1.807) is 22.3 Å². The fourth-order valence-corrected chi connectivity index (χ4v) is 4.46. The monoisotopic (exact) mass is 321 g/mol. The molecule has 0 bridgehead atoms. The molecule has 0 saturated carbocycles. The summed E-state index contributed by atoms with van der Waals surface area (Å²) < 4.78 is 1.39. The molecule has 19 heavy (non-hydrogen) atoms. The van der Waals surface area contributed by atoms with Crippen LogP contribution in [0.25, 0.3) is 0 Å². The fourth-order valence-electron chi connectivity index (χ4n) is 4.46. The second-order valence-corrected chi connectivity index (χ2v) is 6.76. The molecular weight excluding hydrogens is 298 g/mol.